The first kappa shape index (κ1) is 25.0. The van der Waals surface area contributed by atoms with Crippen LogP contribution < -0.4 is 0 Å². The molecule has 1 saturated carbocycles. The van der Waals surface area contributed by atoms with Gasteiger partial charge in [-0.1, -0.05) is 87.0 Å². The highest BCUT2D eigenvalue weighted by molar-refractivity contribution is 5.82. The molecule has 164 valence electrons. The van der Waals surface area contributed by atoms with Crippen LogP contribution in [0.3, 0.4) is 0 Å². The van der Waals surface area contributed by atoms with E-state index in [1.165, 1.54) is 19.3 Å². The summed E-state index contributed by atoms with van der Waals surface area (Å²) in [6.45, 7) is 15.1. The van der Waals surface area contributed by atoms with Crippen molar-refractivity contribution in [3.05, 3.63) is 0 Å². The zero-order chi connectivity index (χ0) is 21.4. The second kappa shape index (κ2) is 11.2. The van der Waals surface area contributed by atoms with Crippen LogP contribution in [-0.2, 0) is 19.1 Å². The van der Waals surface area contributed by atoms with Gasteiger partial charge in [0.25, 0.3) is 0 Å². The number of hydrogen-bond donors (Lipinski definition) is 0. The molecule has 1 aliphatic carbocycles. The molecule has 0 spiro atoms. The third-order valence-electron chi connectivity index (χ3n) is 5.30. The Morgan fingerprint density at radius 2 is 1.29 bits per heavy atom. The largest absolute Gasteiger partial charge is 0.465 e. The third kappa shape index (κ3) is 9.93. The van der Waals surface area contributed by atoms with E-state index in [1.54, 1.807) is 0 Å². The molecule has 0 aliphatic heterocycles. The van der Waals surface area contributed by atoms with E-state index in [2.05, 4.69) is 27.7 Å². The monoisotopic (exact) mass is 396 g/mol. The quantitative estimate of drug-likeness (QED) is 0.437. The average Bonchev–Trinajstić information content (AvgIpc) is 2.60. The maximum absolute atomic E-state index is 13.1. The molecule has 0 N–H and O–H groups in total. The Balaban J connectivity index is 2.94. The van der Waals surface area contributed by atoms with E-state index in [-0.39, 0.29) is 22.8 Å². The summed E-state index contributed by atoms with van der Waals surface area (Å²) in [6, 6.07) is 0. The number of rotatable bonds is 9. The molecule has 0 aromatic heterocycles. The van der Waals surface area contributed by atoms with Crippen molar-refractivity contribution in [1.82, 2.24) is 0 Å². The smallest absolute Gasteiger partial charge is 0.309 e. The zero-order valence-corrected chi connectivity index (χ0v) is 19.4. The lowest BCUT2D eigenvalue weighted by Gasteiger charge is -2.31. The lowest BCUT2D eigenvalue weighted by molar-refractivity contribution is -0.165. The Morgan fingerprint density at radius 3 is 1.71 bits per heavy atom. The second-order valence-corrected chi connectivity index (χ2v) is 11.1. The topological polar surface area (TPSA) is 52.6 Å². The Hall–Kier alpha value is -1.06. The fourth-order valence-electron chi connectivity index (χ4n) is 3.79. The van der Waals surface area contributed by atoms with Crippen LogP contribution in [0.1, 0.15) is 99.8 Å². The standard InChI is InChI=1S/C24H44O4/c1-8-12-19(21(25)27-16-23(2,3)4)20(15-18-13-10-9-11-14-18)22(26)28-17-24(5,6)7/h18-20H,8-17H2,1-7H3. The SMILES string of the molecule is CCCC(C(=O)OCC(C)(C)C)C(CC1CCCCC1)C(=O)OCC(C)(C)C. The highest BCUT2D eigenvalue weighted by Gasteiger charge is 2.38. The van der Waals surface area contributed by atoms with E-state index >= 15 is 0 Å². The van der Waals surface area contributed by atoms with Gasteiger partial charge in [-0.2, -0.15) is 0 Å². The minimum absolute atomic E-state index is 0.0853. The third-order valence-corrected chi connectivity index (χ3v) is 5.30. The maximum Gasteiger partial charge on any atom is 0.309 e. The van der Waals surface area contributed by atoms with Crippen LogP contribution in [0.4, 0.5) is 0 Å². The van der Waals surface area contributed by atoms with E-state index in [0.29, 0.717) is 25.6 Å². The molecule has 0 radical (unpaired) electrons. The Bertz CT molecular complexity index is 478. The van der Waals surface area contributed by atoms with E-state index in [1.807, 2.05) is 20.8 Å². The summed E-state index contributed by atoms with van der Waals surface area (Å²) in [6.07, 6.45) is 8.30. The maximum atomic E-state index is 13.1. The van der Waals surface area contributed by atoms with E-state index in [9.17, 15) is 9.59 Å². The summed E-state index contributed by atoms with van der Waals surface area (Å²) >= 11 is 0. The van der Waals surface area contributed by atoms with Gasteiger partial charge in [-0.15, -0.1) is 0 Å². The first-order valence-electron chi connectivity index (χ1n) is 11.3. The molecular formula is C24H44O4. The van der Waals surface area contributed by atoms with Gasteiger partial charge in [-0.3, -0.25) is 9.59 Å². The molecular weight excluding hydrogens is 352 g/mol. The van der Waals surface area contributed by atoms with Gasteiger partial charge in [0.05, 0.1) is 25.0 Å². The molecule has 28 heavy (non-hydrogen) atoms. The average molecular weight is 397 g/mol. The molecule has 0 aromatic rings. The summed E-state index contributed by atoms with van der Waals surface area (Å²) < 4.78 is 11.3. The Labute approximate surface area is 173 Å². The number of hydrogen-bond acceptors (Lipinski definition) is 4. The van der Waals surface area contributed by atoms with Gasteiger partial charge in [-0.05, 0) is 29.6 Å². The Morgan fingerprint density at radius 1 is 0.821 bits per heavy atom. The normalized spacial score (nSPS) is 18.4. The molecule has 4 heteroatoms. The molecule has 1 fully saturated rings. The number of esters is 2. The molecule has 0 aromatic carbocycles. The van der Waals surface area contributed by atoms with E-state index < -0.39 is 11.8 Å². The number of carbonyl (C=O) groups excluding carboxylic acids is 2. The lowest BCUT2D eigenvalue weighted by atomic mass is 9.77. The molecule has 0 heterocycles. The van der Waals surface area contributed by atoms with Crippen LogP contribution >= 0.6 is 0 Å². The molecule has 0 bridgehead atoms. The number of carbonyl (C=O) groups is 2. The summed E-state index contributed by atoms with van der Waals surface area (Å²) in [4.78, 5) is 26.0. The van der Waals surface area contributed by atoms with Crippen LogP contribution in [0, 0.1) is 28.6 Å². The number of ether oxygens (including phenoxy) is 2. The Kier molecular flexibility index (Phi) is 10.00. The summed E-state index contributed by atoms with van der Waals surface area (Å²) in [5, 5.41) is 0. The van der Waals surface area contributed by atoms with Crippen molar-refractivity contribution in [2.75, 3.05) is 13.2 Å². The zero-order valence-electron chi connectivity index (χ0n) is 19.4. The van der Waals surface area contributed by atoms with Crippen LogP contribution in [0.25, 0.3) is 0 Å². The molecule has 0 saturated heterocycles. The minimum Gasteiger partial charge on any atom is -0.465 e. The van der Waals surface area contributed by atoms with E-state index in [4.69, 9.17) is 9.47 Å². The highest BCUT2D eigenvalue weighted by atomic mass is 16.5. The molecule has 1 rings (SSSR count). The molecule has 2 unspecified atom stereocenters. The van der Waals surface area contributed by atoms with Gasteiger partial charge in [0, 0.05) is 0 Å². The van der Waals surface area contributed by atoms with Gasteiger partial charge in [-0.25, -0.2) is 0 Å². The molecule has 2 atom stereocenters. The molecule has 0 amide bonds. The van der Waals surface area contributed by atoms with Gasteiger partial charge in [0.15, 0.2) is 0 Å². The van der Waals surface area contributed by atoms with Gasteiger partial charge in [0.2, 0.25) is 0 Å². The fourth-order valence-corrected chi connectivity index (χ4v) is 3.79. The van der Waals surface area contributed by atoms with Crippen molar-refractivity contribution >= 4 is 11.9 Å². The lowest BCUT2D eigenvalue weighted by Crippen LogP contribution is -2.36. The van der Waals surface area contributed by atoms with Crippen LogP contribution in [-0.4, -0.2) is 25.2 Å². The second-order valence-electron chi connectivity index (χ2n) is 11.1. The van der Waals surface area contributed by atoms with Crippen molar-refractivity contribution in [3.63, 3.8) is 0 Å². The van der Waals surface area contributed by atoms with Crippen molar-refractivity contribution in [1.29, 1.82) is 0 Å². The molecule has 1 aliphatic rings. The predicted octanol–water partition coefficient (Wildman–Crippen LogP) is 6.17. The van der Waals surface area contributed by atoms with Gasteiger partial charge in [0.1, 0.15) is 0 Å². The van der Waals surface area contributed by atoms with Gasteiger partial charge >= 0.3 is 11.9 Å². The van der Waals surface area contributed by atoms with Crippen LogP contribution in [0.2, 0.25) is 0 Å². The van der Waals surface area contributed by atoms with Crippen LogP contribution in [0.15, 0.2) is 0 Å². The van der Waals surface area contributed by atoms with Gasteiger partial charge < -0.3 is 9.47 Å². The van der Waals surface area contributed by atoms with Crippen molar-refractivity contribution in [3.8, 4) is 0 Å². The summed E-state index contributed by atoms with van der Waals surface area (Å²) in [5.74, 6) is -0.729. The first-order valence-corrected chi connectivity index (χ1v) is 11.3. The van der Waals surface area contributed by atoms with E-state index in [0.717, 1.165) is 25.7 Å². The van der Waals surface area contributed by atoms with Crippen molar-refractivity contribution < 1.29 is 19.1 Å². The minimum atomic E-state index is -0.401. The summed E-state index contributed by atoms with van der Waals surface area (Å²) in [5.41, 5.74) is -0.171. The molecule has 4 nitrogen and oxygen atoms in total. The van der Waals surface area contributed by atoms with Crippen molar-refractivity contribution in [2.45, 2.75) is 99.8 Å². The summed E-state index contributed by atoms with van der Waals surface area (Å²) in [7, 11) is 0. The van der Waals surface area contributed by atoms with Crippen molar-refractivity contribution in [2.24, 2.45) is 28.6 Å². The predicted molar refractivity (Wildman–Crippen MR) is 114 cm³/mol. The highest BCUT2D eigenvalue weighted by Crippen LogP contribution is 2.35. The fraction of sp³-hybridized carbons (Fsp3) is 0.917. The van der Waals surface area contributed by atoms with Crippen LogP contribution in [0.5, 0.6) is 0 Å². The first-order chi connectivity index (χ1) is 12.9.